The summed E-state index contributed by atoms with van der Waals surface area (Å²) in [5.41, 5.74) is 0. The molecular weight excluding hydrogens is 248 g/mol. The number of methoxy groups -OCH3 is 2. The van der Waals surface area contributed by atoms with Crippen LogP contribution in [0, 0.1) is 0 Å². The Balaban J connectivity index is 2.90. The SMILES string of the molecule is CCCNc1ncnc(NC(C)C(=O)OC)c1OC. The van der Waals surface area contributed by atoms with Crippen LogP contribution in [-0.2, 0) is 9.53 Å². The summed E-state index contributed by atoms with van der Waals surface area (Å²) < 4.78 is 9.94. The maximum atomic E-state index is 11.4. The lowest BCUT2D eigenvalue weighted by atomic mass is 10.3. The number of nitrogens with one attached hydrogen (secondary N) is 2. The van der Waals surface area contributed by atoms with Crippen LogP contribution >= 0.6 is 0 Å². The van der Waals surface area contributed by atoms with Crippen molar-refractivity contribution in [3.63, 3.8) is 0 Å². The Labute approximate surface area is 112 Å². The molecule has 0 saturated heterocycles. The van der Waals surface area contributed by atoms with E-state index in [1.807, 2.05) is 0 Å². The number of carbonyl (C=O) groups excluding carboxylic acids is 1. The van der Waals surface area contributed by atoms with Crippen LogP contribution in [0.4, 0.5) is 11.6 Å². The molecule has 7 heteroatoms. The van der Waals surface area contributed by atoms with Gasteiger partial charge < -0.3 is 20.1 Å². The van der Waals surface area contributed by atoms with Crippen molar-refractivity contribution in [3.05, 3.63) is 6.33 Å². The number of nitrogens with zero attached hydrogens (tertiary/aromatic N) is 2. The van der Waals surface area contributed by atoms with E-state index in [1.165, 1.54) is 20.5 Å². The van der Waals surface area contributed by atoms with Gasteiger partial charge in [0.2, 0.25) is 5.75 Å². The molecule has 0 amide bonds. The largest absolute Gasteiger partial charge is 0.490 e. The van der Waals surface area contributed by atoms with Crippen molar-refractivity contribution in [2.24, 2.45) is 0 Å². The number of anilines is 2. The van der Waals surface area contributed by atoms with Crippen molar-refractivity contribution in [2.45, 2.75) is 26.3 Å². The predicted octanol–water partition coefficient (Wildman–Crippen LogP) is 1.28. The molecule has 0 radical (unpaired) electrons. The molecule has 1 aromatic heterocycles. The molecule has 1 atom stereocenters. The van der Waals surface area contributed by atoms with Crippen LogP contribution in [0.2, 0.25) is 0 Å². The van der Waals surface area contributed by atoms with Gasteiger partial charge >= 0.3 is 5.97 Å². The van der Waals surface area contributed by atoms with E-state index in [2.05, 4.69) is 32.3 Å². The number of rotatable bonds is 7. The van der Waals surface area contributed by atoms with Crippen LogP contribution in [0.15, 0.2) is 6.33 Å². The molecule has 1 aromatic rings. The van der Waals surface area contributed by atoms with Gasteiger partial charge in [-0.05, 0) is 13.3 Å². The zero-order valence-corrected chi connectivity index (χ0v) is 11.7. The molecule has 2 N–H and O–H groups in total. The summed E-state index contributed by atoms with van der Waals surface area (Å²) in [6.45, 7) is 4.52. The average Bonchev–Trinajstić information content (AvgIpc) is 2.44. The summed E-state index contributed by atoms with van der Waals surface area (Å²) in [7, 11) is 2.87. The topological polar surface area (TPSA) is 85.4 Å². The van der Waals surface area contributed by atoms with Gasteiger partial charge in [0.25, 0.3) is 0 Å². The van der Waals surface area contributed by atoms with E-state index in [0.717, 1.165) is 13.0 Å². The van der Waals surface area contributed by atoms with Crippen LogP contribution in [0.3, 0.4) is 0 Å². The molecule has 0 bridgehead atoms. The molecule has 1 heterocycles. The summed E-state index contributed by atoms with van der Waals surface area (Å²) in [5.74, 6) is 1.16. The van der Waals surface area contributed by atoms with Crippen molar-refractivity contribution in [2.75, 3.05) is 31.4 Å². The first-order chi connectivity index (χ1) is 9.13. The highest BCUT2D eigenvalue weighted by molar-refractivity contribution is 5.79. The van der Waals surface area contributed by atoms with Crippen molar-refractivity contribution in [1.29, 1.82) is 0 Å². The quantitative estimate of drug-likeness (QED) is 0.720. The van der Waals surface area contributed by atoms with Crippen molar-refractivity contribution < 1.29 is 14.3 Å². The first-order valence-corrected chi connectivity index (χ1v) is 6.11. The first-order valence-electron chi connectivity index (χ1n) is 6.11. The normalized spacial score (nSPS) is 11.6. The Hall–Kier alpha value is -2.05. The van der Waals surface area contributed by atoms with Gasteiger partial charge in [-0.3, -0.25) is 0 Å². The summed E-state index contributed by atoms with van der Waals surface area (Å²) in [6.07, 6.45) is 2.38. The fourth-order valence-corrected chi connectivity index (χ4v) is 1.48. The Kier molecular flexibility index (Phi) is 5.84. The van der Waals surface area contributed by atoms with E-state index in [1.54, 1.807) is 6.92 Å². The lowest BCUT2D eigenvalue weighted by Crippen LogP contribution is -2.28. The van der Waals surface area contributed by atoms with Crippen LogP contribution in [-0.4, -0.2) is 42.7 Å². The van der Waals surface area contributed by atoms with E-state index >= 15 is 0 Å². The molecule has 1 rings (SSSR count). The van der Waals surface area contributed by atoms with Crippen molar-refractivity contribution in [1.82, 2.24) is 9.97 Å². The third-order valence-electron chi connectivity index (χ3n) is 2.46. The maximum Gasteiger partial charge on any atom is 0.328 e. The predicted molar refractivity (Wildman–Crippen MR) is 72.5 cm³/mol. The second kappa shape index (κ2) is 7.40. The fourth-order valence-electron chi connectivity index (χ4n) is 1.48. The second-order valence-corrected chi connectivity index (χ2v) is 3.92. The minimum atomic E-state index is -0.521. The summed E-state index contributed by atoms with van der Waals surface area (Å²) in [5, 5.41) is 6.08. The average molecular weight is 268 g/mol. The lowest BCUT2D eigenvalue weighted by Gasteiger charge is -2.16. The van der Waals surface area contributed by atoms with Gasteiger partial charge in [-0.15, -0.1) is 0 Å². The highest BCUT2D eigenvalue weighted by Gasteiger charge is 2.18. The molecule has 0 saturated carbocycles. The van der Waals surface area contributed by atoms with Gasteiger partial charge in [-0.1, -0.05) is 6.92 Å². The molecular formula is C12H20N4O3. The first kappa shape index (κ1) is 15.0. The Morgan fingerprint density at radius 1 is 1.37 bits per heavy atom. The minimum Gasteiger partial charge on any atom is -0.490 e. The van der Waals surface area contributed by atoms with Gasteiger partial charge in [-0.2, -0.15) is 0 Å². The molecule has 19 heavy (non-hydrogen) atoms. The van der Waals surface area contributed by atoms with Gasteiger partial charge in [0, 0.05) is 6.54 Å². The zero-order valence-electron chi connectivity index (χ0n) is 11.7. The number of carbonyl (C=O) groups is 1. The highest BCUT2D eigenvalue weighted by atomic mass is 16.5. The van der Waals surface area contributed by atoms with Crippen molar-refractivity contribution >= 4 is 17.6 Å². The summed E-state index contributed by atoms with van der Waals surface area (Å²) >= 11 is 0. The Morgan fingerprint density at radius 2 is 2.05 bits per heavy atom. The van der Waals surface area contributed by atoms with Crippen LogP contribution < -0.4 is 15.4 Å². The second-order valence-electron chi connectivity index (χ2n) is 3.92. The number of esters is 1. The molecule has 106 valence electrons. The molecule has 0 aromatic carbocycles. The number of ether oxygens (including phenoxy) is 2. The molecule has 0 aliphatic carbocycles. The van der Waals surface area contributed by atoms with Gasteiger partial charge in [-0.25, -0.2) is 14.8 Å². The molecule has 0 aliphatic rings. The number of hydrogen-bond acceptors (Lipinski definition) is 7. The Morgan fingerprint density at radius 3 is 2.63 bits per heavy atom. The molecule has 0 fully saturated rings. The van der Waals surface area contributed by atoms with Crippen LogP contribution in [0.25, 0.3) is 0 Å². The third-order valence-corrected chi connectivity index (χ3v) is 2.46. The highest BCUT2D eigenvalue weighted by Crippen LogP contribution is 2.29. The van der Waals surface area contributed by atoms with E-state index in [4.69, 9.17) is 4.74 Å². The molecule has 1 unspecified atom stereocenters. The molecule has 0 aliphatic heterocycles. The molecule has 7 nitrogen and oxygen atoms in total. The zero-order chi connectivity index (χ0) is 14.3. The van der Waals surface area contributed by atoms with E-state index < -0.39 is 6.04 Å². The van der Waals surface area contributed by atoms with Crippen LogP contribution in [0.5, 0.6) is 5.75 Å². The third kappa shape index (κ3) is 3.97. The van der Waals surface area contributed by atoms with E-state index in [9.17, 15) is 4.79 Å². The smallest absolute Gasteiger partial charge is 0.328 e. The van der Waals surface area contributed by atoms with E-state index in [0.29, 0.717) is 17.4 Å². The van der Waals surface area contributed by atoms with Gasteiger partial charge in [0.1, 0.15) is 12.4 Å². The summed E-state index contributed by atoms with van der Waals surface area (Å²) in [4.78, 5) is 19.6. The van der Waals surface area contributed by atoms with Crippen LogP contribution in [0.1, 0.15) is 20.3 Å². The standard InChI is InChI=1S/C12H20N4O3/c1-5-6-13-10-9(18-3)11(15-7-14-10)16-8(2)12(17)19-4/h7-8H,5-6H2,1-4H3,(H2,13,14,15,16). The summed E-state index contributed by atoms with van der Waals surface area (Å²) in [6, 6.07) is -0.521. The minimum absolute atomic E-state index is 0.372. The van der Waals surface area contributed by atoms with Crippen molar-refractivity contribution in [3.8, 4) is 5.75 Å². The number of aromatic nitrogens is 2. The lowest BCUT2D eigenvalue weighted by molar-refractivity contribution is -0.141. The van der Waals surface area contributed by atoms with E-state index in [-0.39, 0.29) is 5.97 Å². The monoisotopic (exact) mass is 268 g/mol. The number of hydrogen-bond donors (Lipinski definition) is 2. The van der Waals surface area contributed by atoms with Gasteiger partial charge in [0.05, 0.1) is 14.2 Å². The van der Waals surface area contributed by atoms with Gasteiger partial charge in [0.15, 0.2) is 11.6 Å². The molecule has 0 spiro atoms. The Bertz CT molecular complexity index is 425. The fraction of sp³-hybridized carbons (Fsp3) is 0.583. The maximum absolute atomic E-state index is 11.4.